The lowest BCUT2D eigenvalue weighted by atomic mass is 10.3. The van der Waals surface area contributed by atoms with Crippen LogP contribution < -0.4 is 9.55 Å². The van der Waals surface area contributed by atoms with Gasteiger partial charge in [-0.25, -0.2) is 4.98 Å². The van der Waals surface area contributed by atoms with E-state index in [0.29, 0.717) is 5.75 Å². The molecule has 1 rings (SSSR count). The summed E-state index contributed by atoms with van der Waals surface area (Å²) in [5.74, 6) is 1.43. The average molecular weight is 166 g/mol. The summed E-state index contributed by atoms with van der Waals surface area (Å²) in [5.41, 5.74) is 0. The molecule has 0 aromatic carbocycles. The summed E-state index contributed by atoms with van der Waals surface area (Å²) in [6.07, 6.45) is 1.57. The Labute approximate surface area is 72.1 Å². The number of hydrogen-bond donors (Lipinski definition) is 1. The molecule has 0 aliphatic rings. The van der Waals surface area contributed by atoms with Crippen LogP contribution in [0.4, 0.5) is 5.82 Å². The van der Waals surface area contributed by atoms with Gasteiger partial charge in [0.05, 0.1) is 6.20 Å². The van der Waals surface area contributed by atoms with Crippen LogP contribution in [0.5, 0.6) is 5.75 Å². The number of rotatable bonds is 3. The standard InChI is InChI=1S/C7H11BN2O2/c1-10(2)7-4-3-6(5-9-7)12-8-11/h3-5,8,11H,1-2H3. The number of nitrogens with zero attached hydrogens (tertiary/aromatic N) is 2. The van der Waals surface area contributed by atoms with Gasteiger partial charge in [-0.1, -0.05) is 0 Å². The lowest BCUT2D eigenvalue weighted by Gasteiger charge is -2.10. The molecule has 0 amide bonds. The molecule has 0 spiro atoms. The predicted molar refractivity (Wildman–Crippen MR) is 48.6 cm³/mol. The number of anilines is 1. The maximum atomic E-state index is 8.44. The maximum Gasteiger partial charge on any atom is 0.504 e. The van der Waals surface area contributed by atoms with Crippen molar-refractivity contribution in [1.29, 1.82) is 0 Å². The van der Waals surface area contributed by atoms with Crippen molar-refractivity contribution in [2.75, 3.05) is 19.0 Å². The third-order valence-electron chi connectivity index (χ3n) is 1.41. The van der Waals surface area contributed by atoms with Gasteiger partial charge in [-0.05, 0) is 12.1 Å². The molecule has 5 heteroatoms. The quantitative estimate of drug-likeness (QED) is 0.630. The Morgan fingerprint density at radius 2 is 2.25 bits per heavy atom. The first-order chi connectivity index (χ1) is 5.74. The molecular weight excluding hydrogens is 155 g/mol. The highest BCUT2D eigenvalue weighted by atomic mass is 16.5. The van der Waals surface area contributed by atoms with Crippen molar-refractivity contribution in [3.8, 4) is 5.75 Å². The minimum atomic E-state index is -0.316. The lowest BCUT2D eigenvalue weighted by Crippen LogP contribution is -2.10. The second-order valence-corrected chi connectivity index (χ2v) is 2.52. The van der Waals surface area contributed by atoms with E-state index in [1.54, 1.807) is 12.3 Å². The number of hydrogen-bond acceptors (Lipinski definition) is 4. The zero-order valence-electron chi connectivity index (χ0n) is 7.19. The van der Waals surface area contributed by atoms with Gasteiger partial charge in [-0.15, -0.1) is 0 Å². The van der Waals surface area contributed by atoms with Crippen molar-refractivity contribution in [3.63, 3.8) is 0 Å². The summed E-state index contributed by atoms with van der Waals surface area (Å²) in [5, 5.41) is 8.44. The molecule has 0 saturated heterocycles. The fourth-order valence-corrected chi connectivity index (χ4v) is 0.797. The van der Waals surface area contributed by atoms with Gasteiger partial charge in [0.2, 0.25) is 0 Å². The highest BCUT2D eigenvalue weighted by Crippen LogP contribution is 2.12. The van der Waals surface area contributed by atoms with Crippen molar-refractivity contribution < 1.29 is 9.68 Å². The Hall–Kier alpha value is -1.23. The molecule has 64 valence electrons. The van der Waals surface area contributed by atoms with Crippen LogP contribution in [0.2, 0.25) is 0 Å². The average Bonchev–Trinajstić information content (AvgIpc) is 2.06. The first kappa shape index (κ1) is 8.87. The minimum Gasteiger partial charge on any atom is -0.538 e. The highest BCUT2D eigenvalue weighted by molar-refractivity contribution is 6.17. The van der Waals surface area contributed by atoms with Crippen LogP contribution in [0.3, 0.4) is 0 Å². The van der Waals surface area contributed by atoms with Gasteiger partial charge in [-0.3, -0.25) is 0 Å². The summed E-state index contributed by atoms with van der Waals surface area (Å²) in [6, 6.07) is 3.59. The van der Waals surface area contributed by atoms with Crippen LogP contribution in [0, 0.1) is 0 Å². The van der Waals surface area contributed by atoms with Crippen LogP contribution in [0.1, 0.15) is 0 Å². The van der Waals surface area contributed by atoms with Crippen LogP contribution in [0.15, 0.2) is 18.3 Å². The molecular formula is C7H11BN2O2. The normalized spacial score (nSPS) is 9.25. The Balaban J connectivity index is 2.71. The summed E-state index contributed by atoms with van der Waals surface area (Å²) in [4.78, 5) is 5.98. The van der Waals surface area contributed by atoms with E-state index in [1.807, 2.05) is 25.1 Å². The fourth-order valence-electron chi connectivity index (χ4n) is 0.797. The molecule has 0 fully saturated rings. The van der Waals surface area contributed by atoms with Gasteiger partial charge < -0.3 is 14.6 Å². The molecule has 0 bridgehead atoms. The third kappa shape index (κ3) is 2.13. The second-order valence-electron chi connectivity index (χ2n) is 2.52. The Kier molecular flexibility index (Phi) is 2.93. The maximum absolute atomic E-state index is 8.44. The van der Waals surface area contributed by atoms with Crippen molar-refractivity contribution >= 4 is 13.5 Å². The third-order valence-corrected chi connectivity index (χ3v) is 1.41. The minimum absolute atomic E-state index is 0.316. The lowest BCUT2D eigenvalue weighted by molar-refractivity contribution is 0.452. The van der Waals surface area contributed by atoms with E-state index in [1.165, 1.54) is 0 Å². The summed E-state index contributed by atoms with van der Waals surface area (Å²) in [6.45, 7) is 0. The van der Waals surface area contributed by atoms with Crippen LogP contribution in [-0.2, 0) is 0 Å². The van der Waals surface area contributed by atoms with Gasteiger partial charge in [0.15, 0.2) is 0 Å². The Morgan fingerprint density at radius 3 is 2.67 bits per heavy atom. The molecule has 4 nitrogen and oxygen atoms in total. The highest BCUT2D eigenvalue weighted by Gasteiger charge is 1.97. The molecule has 0 aliphatic heterocycles. The first-order valence-electron chi connectivity index (χ1n) is 3.61. The van der Waals surface area contributed by atoms with E-state index < -0.39 is 0 Å². The van der Waals surface area contributed by atoms with E-state index in [9.17, 15) is 0 Å². The van der Waals surface area contributed by atoms with Crippen LogP contribution >= 0.6 is 0 Å². The topological polar surface area (TPSA) is 45.6 Å². The molecule has 1 N–H and O–H groups in total. The summed E-state index contributed by atoms with van der Waals surface area (Å²) >= 11 is 0. The van der Waals surface area contributed by atoms with Gasteiger partial charge in [0.1, 0.15) is 11.6 Å². The molecule has 0 aliphatic carbocycles. The first-order valence-corrected chi connectivity index (χ1v) is 3.61. The van der Waals surface area contributed by atoms with Gasteiger partial charge in [-0.2, -0.15) is 0 Å². The fraction of sp³-hybridized carbons (Fsp3) is 0.286. The van der Waals surface area contributed by atoms with E-state index in [4.69, 9.17) is 9.68 Å². The molecule has 0 unspecified atom stereocenters. The number of pyridine rings is 1. The zero-order valence-corrected chi connectivity index (χ0v) is 7.19. The predicted octanol–water partition coefficient (Wildman–Crippen LogP) is -0.215. The van der Waals surface area contributed by atoms with Crippen molar-refractivity contribution in [1.82, 2.24) is 4.98 Å². The zero-order chi connectivity index (χ0) is 8.97. The van der Waals surface area contributed by atoms with Crippen molar-refractivity contribution in [2.45, 2.75) is 0 Å². The van der Waals surface area contributed by atoms with E-state index in [-0.39, 0.29) is 7.69 Å². The molecule has 0 atom stereocenters. The Bertz CT molecular complexity index is 238. The SMILES string of the molecule is CN(C)c1ccc(OBO)cn1. The Morgan fingerprint density at radius 1 is 1.50 bits per heavy atom. The molecule has 1 heterocycles. The molecule has 0 radical (unpaired) electrons. The second kappa shape index (κ2) is 3.97. The van der Waals surface area contributed by atoms with E-state index >= 15 is 0 Å². The number of aromatic nitrogens is 1. The molecule has 1 aromatic heterocycles. The van der Waals surface area contributed by atoms with Crippen molar-refractivity contribution in [3.05, 3.63) is 18.3 Å². The van der Waals surface area contributed by atoms with E-state index in [2.05, 4.69) is 4.98 Å². The summed E-state index contributed by atoms with van der Waals surface area (Å²) in [7, 11) is 3.51. The van der Waals surface area contributed by atoms with Crippen LogP contribution in [0.25, 0.3) is 0 Å². The van der Waals surface area contributed by atoms with Gasteiger partial charge in [0, 0.05) is 14.1 Å². The molecule has 12 heavy (non-hydrogen) atoms. The smallest absolute Gasteiger partial charge is 0.504 e. The largest absolute Gasteiger partial charge is 0.538 e. The monoisotopic (exact) mass is 166 g/mol. The summed E-state index contributed by atoms with van der Waals surface area (Å²) < 4.78 is 4.82. The van der Waals surface area contributed by atoms with Gasteiger partial charge >= 0.3 is 7.69 Å². The molecule has 1 aromatic rings. The van der Waals surface area contributed by atoms with Crippen molar-refractivity contribution in [2.24, 2.45) is 0 Å². The molecule has 0 saturated carbocycles. The van der Waals surface area contributed by atoms with E-state index in [0.717, 1.165) is 5.82 Å². The van der Waals surface area contributed by atoms with Crippen LogP contribution in [-0.4, -0.2) is 31.8 Å². The van der Waals surface area contributed by atoms with Gasteiger partial charge in [0.25, 0.3) is 0 Å².